The Balaban J connectivity index is 1.90. The van der Waals surface area contributed by atoms with E-state index in [2.05, 4.69) is 4.90 Å². The Morgan fingerprint density at radius 2 is 1.29 bits per heavy atom. The molecule has 0 aromatic carbocycles. The molecule has 0 aliphatic heterocycles. The van der Waals surface area contributed by atoms with Gasteiger partial charge in [0, 0.05) is 25.7 Å². The van der Waals surface area contributed by atoms with Gasteiger partial charge in [-0.2, -0.15) is 0 Å². The lowest BCUT2D eigenvalue weighted by molar-refractivity contribution is 0.0513. The van der Waals surface area contributed by atoms with Gasteiger partial charge >= 0.3 is 0 Å². The normalized spacial score (nSPS) is 24.4. The topological polar surface area (TPSA) is 12.5 Å². The summed E-state index contributed by atoms with van der Waals surface area (Å²) >= 11 is 0. The molecular formula is C15H29NO. The fourth-order valence-corrected chi connectivity index (χ4v) is 3.69. The van der Waals surface area contributed by atoms with E-state index in [-0.39, 0.29) is 0 Å². The van der Waals surface area contributed by atoms with Crippen LogP contribution in [0.3, 0.4) is 0 Å². The van der Waals surface area contributed by atoms with Crippen LogP contribution < -0.4 is 0 Å². The molecule has 17 heavy (non-hydrogen) atoms. The van der Waals surface area contributed by atoms with Gasteiger partial charge in [0.25, 0.3) is 0 Å². The lowest BCUT2D eigenvalue weighted by atomic mass is 9.88. The zero-order valence-electron chi connectivity index (χ0n) is 11.5. The lowest BCUT2D eigenvalue weighted by Crippen LogP contribution is -2.46. The van der Waals surface area contributed by atoms with Crippen LogP contribution in [0.1, 0.15) is 64.2 Å². The van der Waals surface area contributed by atoms with Crippen molar-refractivity contribution in [2.24, 2.45) is 0 Å². The number of hydrogen-bond donors (Lipinski definition) is 0. The van der Waals surface area contributed by atoms with Gasteiger partial charge in [-0.25, -0.2) is 0 Å². The summed E-state index contributed by atoms with van der Waals surface area (Å²) in [6.07, 6.45) is 14.4. The highest BCUT2D eigenvalue weighted by Gasteiger charge is 2.28. The molecule has 0 unspecified atom stereocenters. The number of methoxy groups -OCH3 is 1. The van der Waals surface area contributed by atoms with Crippen LogP contribution in [0.4, 0.5) is 0 Å². The van der Waals surface area contributed by atoms with Crippen molar-refractivity contribution in [3.63, 3.8) is 0 Å². The molecule has 2 heteroatoms. The molecule has 0 saturated heterocycles. The maximum absolute atomic E-state index is 5.31. The van der Waals surface area contributed by atoms with E-state index in [4.69, 9.17) is 4.74 Å². The monoisotopic (exact) mass is 239 g/mol. The van der Waals surface area contributed by atoms with Gasteiger partial charge in [-0.1, -0.05) is 38.5 Å². The van der Waals surface area contributed by atoms with Gasteiger partial charge in [0.15, 0.2) is 0 Å². The minimum absolute atomic E-state index is 0.863. The molecule has 0 atom stereocenters. The van der Waals surface area contributed by atoms with Gasteiger partial charge in [0.1, 0.15) is 0 Å². The number of nitrogens with zero attached hydrogens (tertiary/aromatic N) is 1. The van der Waals surface area contributed by atoms with E-state index >= 15 is 0 Å². The molecule has 100 valence electrons. The van der Waals surface area contributed by atoms with Crippen LogP contribution in [0.5, 0.6) is 0 Å². The smallest absolute Gasteiger partial charge is 0.0589 e. The van der Waals surface area contributed by atoms with Crippen molar-refractivity contribution in [3.05, 3.63) is 0 Å². The standard InChI is InChI=1S/C15H29NO/c1-17-13-12-16(14-8-4-2-5-9-14)15-10-6-3-7-11-15/h14-15H,2-13H2,1H3. The molecule has 0 N–H and O–H groups in total. The number of hydrogen-bond acceptors (Lipinski definition) is 2. The Morgan fingerprint density at radius 3 is 1.71 bits per heavy atom. The minimum Gasteiger partial charge on any atom is -0.383 e. The van der Waals surface area contributed by atoms with Crippen LogP contribution in [0.15, 0.2) is 0 Å². The fraction of sp³-hybridized carbons (Fsp3) is 1.00. The largest absolute Gasteiger partial charge is 0.383 e. The van der Waals surface area contributed by atoms with Crippen LogP contribution in [0, 0.1) is 0 Å². The Kier molecular flexibility index (Phi) is 5.79. The molecule has 0 aromatic heterocycles. The van der Waals surface area contributed by atoms with Crippen LogP contribution in [-0.2, 0) is 4.74 Å². The number of ether oxygens (including phenoxy) is 1. The van der Waals surface area contributed by atoms with Crippen molar-refractivity contribution in [2.45, 2.75) is 76.3 Å². The summed E-state index contributed by atoms with van der Waals surface area (Å²) in [5.74, 6) is 0. The second-order valence-electron chi connectivity index (χ2n) is 5.81. The summed E-state index contributed by atoms with van der Waals surface area (Å²) in [5, 5.41) is 0. The molecule has 2 rings (SSSR count). The first kappa shape index (κ1) is 13.4. The third-order valence-corrected chi connectivity index (χ3v) is 4.64. The summed E-state index contributed by atoms with van der Waals surface area (Å²) in [6.45, 7) is 2.07. The van der Waals surface area contributed by atoms with E-state index < -0.39 is 0 Å². The van der Waals surface area contributed by atoms with Crippen molar-refractivity contribution in [1.82, 2.24) is 4.90 Å². The highest BCUT2D eigenvalue weighted by Crippen LogP contribution is 2.29. The maximum Gasteiger partial charge on any atom is 0.0589 e. The third kappa shape index (κ3) is 3.96. The van der Waals surface area contributed by atoms with Crippen molar-refractivity contribution < 1.29 is 4.74 Å². The summed E-state index contributed by atoms with van der Waals surface area (Å²) in [7, 11) is 1.83. The predicted octanol–water partition coefficient (Wildman–Crippen LogP) is 3.60. The van der Waals surface area contributed by atoms with Crippen LogP contribution in [0.2, 0.25) is 0 Å². The molecular weight excluding hydrogens is 210 g/mol. The molecule has 0 bridgehead atoms. The molecule has 0 heterocycles. The Labute approximate surface area is 107 Å². The first-order chi connectivity index (χ1) is 8.42. The molecule has 0 spiro atoms. The summed E-state index contributed by atoms with van der Waals surface area (Å²) in [4.78, 5) is 2.81. The molecule has 2 nitrogen and oxygen atoms in total. The first-order valence-electron chi connectivity index (χ1n) is 7.66. The Morgan fingerprint density at radius 1 is 0.824 bits per heavy atom. The predicted molar refractivity (Wildman–Crippen MR) is 72.3 cm³/mol. The SMILES string of the molecule is COCCN(C1CCCCC1)C1CCCCC1. The van der Waals surface area contributed by atoms with E-state index in [1.165, 1.54) is 64.2 Å². The highest BCUT2D eigenvalue weighted by molar-refractivity contribution is 4.83. The van der Waals surface area contributed by atoms with Crippen LogP contribution >= 0.6 is 0 Å². The van der Waals surface area contributed by atoms with E-state index in [9.17, 15) is 0 Å². The van der Waals surface area contributed by atoms with Crippen molar-refractivity contribution in [2.75, 3.05) is 20.3 Å². The average Bonchev–Trinajstić information content (AvgIpc) is 2.42. The molecule has 0 radical (unpaired) electrons. The van der Waals surface area contributed by atoms with Gasteiger partial charge in [-0.15, -0.1) is 0 Å². The zero-order chi connectivity index (χ0) is 11.9. The lowest BCUT2D eigenvalue weighted by Gasteiger charge is -2.41. The van der Waals surface area contributed by atoms with Crippen molar-refractivity contribution in [3.8, 4) is 0 Å². The molecule has 2 saturated carbocycles. The molecule has 0 amide bonds. The van der Waals surface area contributed by atoms with Gasteiger partial charge < -0.3 is 4.74 Å². The van der Waals surface area contributed by atoms with Crippen LogP contribution in [-0.4, -0.2) is 37.2 Å². The molecule has 2 aliphatic carbocycles. The third-order valence-electron chi connectivity index (χ3n) is 4.64. The summed E-state index contributed by atoms with van der Waals surface area (Å²) in [6, 6.07) is 1.73. The maximum atomic E-state index is 5.31. The van der Waals surface area contributed by atoms with Gasteiger partial charge in [-0.05, 0) is 25.7 Å². The Hall–Kier alpha value is -0.0800. The molecule has 2 fully saturated rings. The van der Waals surface area contributed by atoms with Gasteiger partial charge in [0.05, 0.1) is 6.61 Å². The van der Waals surface area contributed by atoms with E-state index in [1.807, 2.05) is 7.11 Å². The molecule has 2 aliphatic rings. The van der Waals surface area contributed by atoms with E-state index in [0.717, 1.165) is 25.2 Å². The van der Waals surface area contributed by atoms with E-state index in [1.54, 1.807) is 0 Å². The van der Waals surface area contributed by atoms with Crippen molar-refractivity contribution >= 4 is 0 Å². The van der Waals surface area contributed by atoms with Gasteiger partial charge in [-0.3, -0.25) is 4.90 Å². The van der Waals surface area contributed by atoms with Crippen molar-refractivity contribution in [1.29, 1.82) is 0 Å². The van der Waals surface area contributed by atoms with Gasteiger partial charge in [0.2, 0.25) is 0 Å². The fourth-order valence-electron chi connectivity index (χ4n) is 3.69. The first-order valence-corrected chi connectivity index (χ1v) is 7.66. The summed E-state index contributed by atoms with van der Waals surface area (Å²) < 4.78 is 5.31. The highest BCUT2D eigenvalue weighted by atomic mass is 16.5. The zero-order valence-corrected chi connectivity index (χ0v) is 11.5. The average molecular weight is 239 g/mol. The second kappa shape index (κ2) is 7.38. The van der Waals surface area contributed by atoms with E-state index in [0.29, 0.717) is 0 Å². The molecule has 0 aromatic rings. The van der Waals surface area contributed by atoms with Crippen LogP contribution in [0.25, 0.3) is 0 Å². The second-order valence-corrected chi connectivity index (χ2v) is 5.81. The minimum atomic E-state index is 0.863. The summed E-state index contributed by atoms with van der Waals surface area (Å²) in [5.41, 5.74) is 0. The number of rotatable bonds is 5. The Bertz CT molecular complexity index is 177. The quantitative estimate of drug-likeness (QED) is 0.727.